The SMILES string of the molecule is CC1=CC=C(C2CCC(C)OC2)CC1C. The van der Waals surface area contributed by atoms with Crippen LogP contribution in [0.2, 0.25) is 0 Å². The molecule has 0 radical (unpaired) electrons. The van der Waals surface area contributed by atoms with Crippen LogP contribution in [0.25, 0.3) is 0 Å². The minimum Gasteiger partial charge on any atom is -0.378 e. The van der Waals surface area contributed by atoms with Crippen molar-refractivity contribution in [2.75, 3.05) is 6.61 Å². The molecule has 0 saturated carbocycles. The Hall–Kier alpha value is -0.560. The molecule has 3 atom stereocenters. The highest BCUT2D eigenvalue weighted by molar-refractivity contribution is 5.26. The first-order valence-corrected chi connectivity index (χ1v) is 6.15. The number of allylic oxidation sites excluding steroid dienone is 3. The quantitative estimate of drug-likeness (QED) is 0.635. The van der Waals surface area contributed by atoms with Gasteiger partial charge in [0.05, 0.1) is 12.7 Å². The van der Waals surface area contributed by atoms with Crippen LogP contribution >= 0.6 is 0 Å². The maximum Gasteiger partial charge on any atom is 0.0547 e. The summed E-state index contributed by atoms with van der Waals surface area (Å²) in [4.78, 5) is 0. The van der Waals surface area contributed by atoms with Crippen LogP contribution in [0.1, 0.15) is 40.0 Å². The van der Waals surface area contributed by atoms with Crippen LogP contribution in [0.5, 0.6) is 0 Å². The standard InChI is InChI=1S/C14H22O/c1-10-4-6-13(8-11(10)2)14-7-5-12(3)15-9-14/h4,6,11-12,14H,5,7-9H2,1-3H3. The molecule has 1 aliphatic carbocycles. The third-order valence-corrected chi connectivity index (χ3v) is 3.91. The van der Waals surface area contributed by atoms with Crippen molar-refractivity contribution in [3.8, 4) is 0 Å². The van der Waals surface area contributed by atoms with E-state index in [-0.39, 0.29) is 0 Å². The zero-order valence-corrected chi connectivity index (χ0v) is 10.1. The van der Waals surface area contributed by atoms with E-state index < -0.39 is 0 Å². The minimum absolute atomic E-state index is 0.472. The normalized spacial score (nSPS) is 37.1. The Labute approximate surface area is 93.2 Å². The second-order valence-electron chi connectivity index (χ2n) is 5.18. The van der Waals surface area contributed by atoms with E-state index in [4.69, 9.17) is 4.74 Å². The lowest BCUT2D eigenvalue weighted by molar-refractivity contribution is 0.00372. The van der Waals surface area contributed by atoms with E-state index in [1.54, 1.807) is 5.57 Å². The molecule has 1 fully saturated rings. The third-order valence-electron chi connectivity index (χ3n) is 3.91. The van der Waals surface area contributed by atoms with Crippen LogP contribution < -0.4 is 0 Å². The molecule has 0 N–H and O–H groups in total. The molecule has 2 rings (SSSR count). The van der Waals surface area contributed by atoms with Crippen LogP contribution in [0.3, 0.4) is 0 Å². The topological polar surface area (TPSA) is 9.23 Å². The molecule has 1 saturated heterocycles. The zero-order valence-electron chi connectivity index (χ0n) is 10.1. The first-order valence-electron chi connectivity index (χ1n) is 6.15. The molecule has 0 bridgehead atoms. The Morgan fingerprint density at radius 3 is 2.60 bits per heavy atom. The van der Waals surface area contributed by atoms with Gasteiger partial charge in [0.1, 0.15) is 0 Å². The molecule has 0 aromatic heterocycles. The summed E-state index contributed by atoms with van der Waals surface area (Å²) in [7, 11) is 0. The highest BCUT2D eigenvalue weighted by Gasteiger charge is 2.24. The molecule has 84 valence electrons. The van der Waals surface area contributed by atoms with Crippen molar-refractivity contribution in [3.63, 3.8) is 0 Å². The highest BCUT2D eigenvalue weighted by Crippen LogP contribution is 2.33. The number of rotatable bonds is 1. The lowest BCUT2D eigenvalue weighted by atomic mass is 9.81. The van der Waals surface area contributed by atoms with E-state index in [0.717, 1.165) is 12.5 Å². The summed E-state index contributed by atoms with van der Waals surface area (Å²) in [6.45, 7) is 7.67. The Balaban J connectivity index is 2.00. The predicted octanol–water partition coefficient (Wildman–Crippen LogP) is 3.71. The summed E-state index contributed by atoms with van der Waals surface area (Å²) >= 11 is 0. The lowest BCUT2D eigenvalue weighted by Gasteiger charge is -2.31. The number of hydrogen-bond donors (Lipinski definition) is 0. The summed E-state index contributed by atoms with van der Waals surface area (Å²) in [5, 5.41) is 0. The van der Waals surface area contributed by atoms with Gasteiger partial charge in [-0.05, 0) is 39.0 Å². The van der Waals surface area contributed by atoms with Gasteiger partial charge >= 0.3 is 0 Å². The van der Waals surface area contributed by atoms with Crippen LogP contribution in [-0.2, 0) is 4.74 Å². The van der Waals surface area contributed by atoms with Gasteiger partial charge in [0.2, 0.25) is 0 Å². The first kappa shape index (κ1) is 10.9. The molecular weight excluding hydrogens is 184 g/mol. The minimum atomic E-state index is 0.472. The van der Waals surface area contributed by atoms with E-state index in [1.165, 1.54) is 24.8 Å². The van der Waals surface area contributed by atoms with E-state index in [9.17, 15) is 0 Å². The monoisotopic (exact) mass is 206 g/mol. The van der Waals surface area contributed by atoms with Gasteiger partial charge in [-0.2, -0.15) is 0 Å². The van der Waals surface area contributed by atoms with Gasteiger partial charge in [-0.3, -0.25) is 0 Å². The molecule has 1 aliphatic heterocycles. The molecule has 1 heteroatoms. The highest BCUT2D eigenvalue weighted by atomic mass is 16.5. The van der Waals surface area contributed by atoms with Crippen molar-refractivity contribution < 1.29 is 4.74 Å². The second-order valence-corrected chi connectivity index (χ2v) is 5.18. The zero-order chi connectivity index (χ0) is 10.8. The molecule has 1 nitrogen and oxygen atoms in total. The molecule has 15 heavy (non-hydrogen) atoms. The third kappa shape index (κ3) is 2.52. The molecule has 0 amide bonds. The molecule has 0 spiro atoms. The summed E-state index contributed by atoms with van der Waals surface area (Å²) in [5.41, 5.74) is 3.13. The van der Waals surface area contributed by atoms with Crippen LogP contribution in [0, 0.1) is 11.8 Å². The van der Waals surface area contributed by atoms with Gasteiger partial charge in [0.15, 0.2) is 0 Å². The van der Waals surface area contributed by atoms with Gasteiger partial charge in [-0.25, -0.2) is 0 Å². The summed E-state index contributed by atoms with van der Waals surface area (Å²) in [6.07, 6.45) is 8.87. The lowest BCUT2D eigenvalue weighted by Crippen LogP contribution is -2.26. The molecule has 0 aromatic rings. The molecule has 3 unspecified atom stereocenters. The Morgan fingerprint density at radius 2 is 2.00 bits per heavy atom. The van der Waals surface area contributed by atoms with Gasteiger partial charge in [0.25, 0.3) is 0 Å². The Morgan fingerprint density at radius 1 is 1.20 bits per heavy atom. The van der Waals surface area contributed by atoms with E-state index in [1.807, 2.05) is 0 Å². The summed E-state index contributed by atoms with van der Waals surface area (Å²) in [6, 6.07) is 0. The fraction of sp³-hybridized carbons (Fsp3) is 0.714. The fourth-order valence-corrected chi connectivity index (χ4v) is 2.46. The summed E-state index contributed by atoms with van der Waals surface area (Å²) in [5.74, 6) is 1.41. The van der Waals surface area contributed by atoms with E-state index >= 15 is 0 Å². The molecule has 0 aromatic carbocycles. The van der Waals surface area contributed by atoms with Crippen LogP contribution in [0.4, 0.5) is 0 Å². The van der Waals surface area contributed by atoms with Crippen molar-refractivity contribution in [2.24, 2.45) is 11.8 Å². The Bertz CT molecular complexity index is 280. The largest absolute Gasteiger partial charge is 0.378 e. The van der Waals surface area contributed by atoms with Crippen molar-refractivity contribution >= 4 is 0 Å². The smallest absolute Gasteiger partial charge is 0.0547 e. The van der Waals surface area contributed by atoms with Crippen molar-refractivity contribution in [1.29, 1.82) is 0 Å². The van der Waals surface area contributed by atoms with Crippen molar-refractivity contribution in [3.05, 3.63) is 23.3 Å². The summed E-state index contributed by atoms with van der Waals surface area (Å²) < 4.78 is 5.74. The van der Waals surface area contributed by atoms with Crippen LogP contribution in [-0.4, -0.2) is 12.7 Å². The second kappa shape index (κ2) is 4.52. The van der Waals surface area contributed by atoms with Gasteiger partial charge in [0, 0.05) is 5.92 Å². The number of ether oxygens (including phenoxy) is 1. The maximum atomic E-state index is 5.74. The molecular formula is C14H22O. The predicted molar refractivity (Wildman–Crippen MR) is 63.8 cm³/mol. The van der Waals surface area contributed by atoms with Crippen molar-refractivity contribution in [1.82, 2.24) is 0 Å². The van der Waals surface area contributed by atoms with E-state index in [0.29, 0.717) is 12.0 Å². The van der Waals surface area contributed by atoms with Gasteiger partial charge in [-0.15, -0.1) is 0 Å². The van der Waals surface area contributed by atoms with Gasteiger partial charge < -0.3 is 4.74 Å². The molecule has 1 heterocycles. The van der Waals surface area contributed by atoms with Crippen LogP contribution in [0.15, 0.2) is 23.3 Å². The average Bonchev–Trinajstić information content (AvgIpc) is 2.23. The van der Waals surface area contributed by atoms with Gasteiger partial charge in [-0.1, -0.05) is 30.2 Å². The first-order chi connectivity index (χ1) is 7.16. The maximum absolute atomic E-state index is 5.74. The average molecular weight is 206 g/mol. The Kier molecular flexibility index (Phi) is 3.30. The van der Waals surface area contributed by atoms with E-state index in [2.05, 4.69) is 32.9 Å². The fourth-order valence-electron chi connectivity index (χ4n) is 2.46. The number of hydrogen-bond acceptors (Lipinski definition) is 1. The molecule has 2 aliphatic rings. The van der Waals surface area contributed by atoms with Crippen molar-refractivity contribution in [2.45, 2.75) is 46.1 Å².